The molecule has 0 saturated carbocycles. The SMILES string of the molecule is COc1cc(N2CCC(N3CCCC(O)C3)CC2)nc(N)n1. The van der Waals surface area contributed by atoms with Crippen LogP contribution in [0.25, 0.3) is 0 Å². The number of aliphatic hydroxyl groups excluding tert-OH is 1. The number of hydrogen-bond donors (Lipinski definition) is 2. The number of anilines is 2. The third-order valence-electron chi connectivity index (χ3n) is 4.65. The largest absolute Gasteiger partial charge is 0.481 e. The van der Waals surface area contributed by atoms with Crippen molar-refractivity contribution in [1.82, 2.24) is 14.9 Å². The summed E-state index contributed by atoms with van der Waals surface area (Å²) in [5.74, 6) is 1.58. The lowest BCUT2D eigenvalue weighted by molar-refractivity contribution is 0.0398. The van der Waals surface area contributed by atoms with Crippen molar-refractivity contribution in [3.8, 4) is 5.88 Å². The van der Waals surface area contributed by atoms with Crippen molar-refractivity contribution < 1.29 is 9.84 Å². The van der Waals surface area contributed by atoms with Gasteiger partial charge in [-0.05, 0) is 32.2 Å². The van der Waals surface area contributed by atoms with E-state index in [1.807, 2.05) is 6.07 Å². The smallest absolute Gasteiger partial charge is 0.225 e. The van der Waals surface area contributed by atoms with Crippen LogP contribution in [0.3, 0.4) is 0 Å². The zero-order chi connectivity index (χ0) is 15.5. The summed E-state index contributed by atoms with van der Waals surface area (Å²) in [6.45, 7) is 3.81. The van der Waals surface area contributed by atoms with Gasteiger partial charge in [-0.1, -0.05) is 0 Å². The Morgan fingerprint density at radius 3 is 2.68 bits per heavy atom. The topological polar surface area (TPSA) is 87.7 Å². The Morgan fingerprint density at radius 1 is 1.23 bits per heavy atom. The number of β-amino-alcohol motifs (C(OH)–C–C–N with tert-alkyl or cyclic N) is 1. The van der Waals surface area contributed by atoms with E-state index in [1.165, 1.54) is 0 Å². The van der Waals surface area contributed by atoms with Crippen molar-refractivity contribution in [3.63, 3.8) is 0 Å². The first-order valence-electron chi connectivity index (χ1n) is 8.01. The molecule has 0 amide bonds. The van der Waals surface area contributed by atoms with Crippen molar-refractivity contribution >= 4 is 11.8 Å². The Bertz CT molecular complexity index is 505. The number of likely N-dealkylation sites (tertiary alicyclic amines) is 1. The molecule has 7 heteroatoms. The molecule has 0 spiro atoms. The number of nitrogen functional groups attached to an aromatic ring is 1. The van der Waals surface area contributed by atoms with E-state index >= 15 is 0 Å². The van der Waals surface area contributed by atoms with Gasteiger partial charge in [0.05, 0.1) is 13.2 Å². The van der Waals surface area contributed by atoms with Gasteiger partial charge >= 0.3 is 0 Å². The average molecular weight is 307 g/mol. The van der Waals surface area contributed by atoms with Crippen molar-refractivity contribution in [2.75, 3.05) is 43.9 Å². The van der Waals surface area contributed by atoms with Gasteiger partial charge in [0.1, 0.15) is 5.82 Å². The van der Waals surface area contributed by atoms with Crippen LogP contribution >= 0.6 is 0 Å². The molecule has 7 nitrogen and oxygen atoms in total. The monoisotopic (exact) mass is 307 g/mol. The summed E-state index contributed by atoms with van der Waals surface area (Å²) >= 11 is 0. The van der Waals surface area contributed by atoms with Crippen LogP contribution in [-0.2, 0) is 0 Å². The van der Waals surface area contributed by atoms with Crippen LogP contribution in [0.2, 0.25) is 0 Å². The molecule has 0 bridgehead atoms. The quantitative estimate of drug-likeness (QED) is 0.840. The zero-order valence-electron chi connectivity index (χ0n) is 13.1. The molecular weight excluding hydrogens is 282 g/mol. The standard InChI is InChI=1S/C15H25N5O2/c1-22-14-9-13(17-15(16)18-14)19-7-4-11(5-8-19)20-6-2-3-12(21)10-20/h9,11-12,21H,2-8,10H2,1H3,(H2,16,17,18). The van der Waals surface area contributed by atoms with Crippen molar-refractivity contribution in [1.29, 1.82) is 0 Å². The second kappa shape index (κ2) is 6.66. The average Bonchev–Trinajstić information content (AvgIpc) is 2.54. The molecular formula is C15H25N5O2. The maximum absolute atomic E-state index is 9.83. The molecule has 2 fully saturated rings. The second-order valence-corrected chi connectivity index (χ2v) is 6.14. The number of hydrogen-bond acceptors (Lipinski definition) is 7. The summed E-state index contributed by atoms with van der Waals surface area (Å²) in [4.78, 5) is 13.0. The Morgan fingerprint density at radius 2 is 2.00 bits per heavy atom. The molecule has 22 heavy (non-hydrogen) atoms. The molecule has 1 aromatic rings. The predicted octanol–water partition coefficient (Wildman–Crippen LogP) is 0.493. The third kappa shape index (κ3) is 3.41. The molecule has 122 valence electrons. The molecule has 0 radical (unpaired) electrons. The Hall–Kier alpha value is -1.60. The van der Waals surface area contributed by atoms with Gasteiger partial charge in [0, 0.05) is 31.7 Å². The highest BCUT2D eigenvalue weighted by Gasteiger charge is 2.28. The van der Waals surface area contributed by atoms with Crippen LogP contribution in [0.15, 0.2) is 6.07 Å². The van der Waals surface area contributed by atoms with Crippen LogP contribution in [-0.4, -0.2) is 65.4 Å². The lowest BCUT2D eigenvalue weighted by Crippen LogP contribution is -2.49. The second-order valence-electron chi connectivity index (χ2n) is 6.14. The van der Waals surface area contributed by atoms with E-state index in [0.29, 0.717) is 11.9 Å². The fraction of sp³-hybridized carbons (Fsp3) is 0.733. The van der Waals surface area contributed by atoms with E-state index in [4.69, 9.17) is 10.5 Å². The fourth-order valence-electron chi connectivity index (χ4n) is 3.47. The molecule has 1 atom stereocenters. The molecule has 1 unspecified atom stereocenters. The highest BCUT2D eigenvalue weighted by molar-refractivity contribution is 5.45. The van der Waals surface area contributed by atoms with Crippen molar-refractivity contribution in [3.05, 3.63) is 6.07 Å². The maximum atomic E-state index is 9.83. The van der Waals surface area contributed by atoms with E-state index in [2.05, 4.69) is 19.8 Å². The number of aromatic nitrogens is 2. The van der Waals surface area contributed by atoms with E-state index in [-0.39, 0.29) is 12.1 Å². The number of rotatable bonds is 3. The summed E-state index contributed by atoms with van der Waals surface area (Å²) in [6, 6.07) is 2.40. The maximum Gasteiger partial charge on any atom is 0.225 e. The first-order chi connectivity index (χ1) is 10.7. The van der Waals surface area contributed by atoms with Gasteiger partial charge in [-0.25, -0.2) is 0 Å². The third-order valence-corrected chi connectivity index (χ3v) is 4.65. The number of nitrogens with two attached hydrogens (primary N) is 1. The number of nitrogens with zero attached hydrogens (tertiary/aromatic N) is 4. The summed E-state index contributed by atoms with van der Waals surface area (Å²) in [7, 11) is 1.58. The molecule has 2 aliphatic rings. The van der Waals surface area contributed by atoms with E-state index in [9.17, 15) is 5.11 Å². The molecule has 2 aliphatic heterocycles. The molecule has 3 N–H and O–H groups in total. The molecule has 3 heterocycles. The van der Waals surface area contributed by atoms with Gasteiger partial charge in [-0.2, -0.15) is 9.97 Å². The van der Waals surface area contributed by atoms with Crippen LogP contribution in [0, 0.1) is 0 Å². The predicted molar refractivity (Wildman–Crippen MR) is 85.0 cm³/mol. The summed E-state index contributed by atoms with van der Waals surface area (Å²) < 4.78 is 5.16. The van der Waals surface area contributed by atoms with Crippen LogP contribution in [0.4, 0.5) is 11.8 Å². The Labute approximate surface area is 131 Å². The summed E-state index contributed by atoms with van der Waals surface area (Å²) in [5.41, 5.74) is 5.74. The first kappa shape index (κ1) is 15.3. The van der Waals surface area contributed by atoms with Crippen LogP contribution < -0.4 is 15.4 Å². The van der Waals surface area contributed by atoms with Crippen LogP contribution in [0.5, 0.6) is 5.88 Å². The minimum absolute atomic E-state index is 0.155. The number of methoxy groups -OCH3 is 1. The fourth-order valence-corrected chi connectivity index (χ4v) is 3.47. The van der Waals surface area contributed by atoms with Gasteiger partial charge in [-0.3, -0.25) is 4.90 Å². The highest BCUT2D eigenvalue weighted by atomic mass is 16.5. The van der Waals surface area contributed by atoms with Gasteiger partial charge in [0.2, 0.25) is 11.8 Å². The number of piperidine rings is 2. The van der Waals surface area contributed by atoms with E-state index in [1.54, 1.807) is 7.11 Å². The summed E-state index contributed by atoms with van der Waals surface area (Å²) in [6.07, 6.45) is 4.05. The molecule has 3 rings (SSSR count). The number of aliphatic hydroxyl groups is 1. The Kier molecular flexibility index (Phi) is 4.63. The van der Waals surface area contributed by atoms with Gasteiger partial charge < -0.3 is 20.5 Å². The Balaban J connectivity index is 1.60. The van der Waals surface area contributed by atoms with Crippen molar-refractivity contribution in [2.24, 2.45) is 0 Å². The molecule has 2 saturated heterocycles. The van der Waals surface area contributed by atoms with Gasteiger partial charge in [0.25, 0.3) is 0 Å². The minimum Gasteiger partial charge on any atom is -0.481 e. The molecule has 0 aliphatic carbocycles. The normalized spacial score (nSPS) is 24.5. The van der Waals surface area contributed by atoms with Gasteiger partial charge in [0.15, 0.2) is 0 Å². The summed E-state index contributed by atoms with van der Waals surface area (Å²) in [5, 5.41) is 9.83. The lowest BCUT2D eigenvalue weighted by atomic mass is 9.99. The zero-order valence-corrected chi connectivity index (χ0v) is 13.1. The molecule has 0 aromatic carbocycles. The first-order valence-corrected chi connectivity index (χ1v) is 8.01. The highest BCUT2D eigenvalue weighted by Crippen LogP contribution is 2.25. The van der Waals surface area contributed by atoms with E-state index in [0.717, 1.165) is 57.7 Å². The minimum atomic E-state index is -0.155. The van der Waals surface area contributed by atoms with Crippen molar-refractivity contribution in [2.45, 2.75) is 37.8 Å². The van der Waals surface area contributed by atoms with E-state index < -0.39 is 0 Å². The lowest BCUT2D eigenvalue weighted by Gasteiger charge is -2.41. The number of ether oxygens (including phenoxy) is 1. The van der Waals surface area contributed by atoms with Crippen LogP contribution in [0.1, 0.15) is 25.7 Å². The molecule has 1 aromatic heterocycles. The van der Waals surface area contributed by atoms with Gasteiger partial charge in [-0.15, -0.1) is 0 Å².